The Morgan fingerprint density at radius 1 is 0.270 bits per heavy atom. The fourth-order valence-corrected chi connectivity index (χ4v) is 10.9. The molecule has 12 rings (SSSR count). The average Bonchev–Trinajstić information content (AvgIpc) is 4.20. The maximum absolute atomic E-state index is 4.83. The molecule has 2 fully saturated rings. The molecule has 10 aromatic rings. The van der Waals surface area contributed by atoms with Crippen molar-refractivity contribution >= 4 is 22.7 Å². The van der Waals surface area contributed by atoms with E-state index in [4.69, 9.17) is 4.98 Å². The number of pyridine rings is 1. The molecule has 3 heterocycles. The van der Waals surface area contributed by atoms with Crippen LogP contribution in [0, 0.1) is 0 Å². The van der Waals surface area contributed by atoms with Crippen LogP contribution in [0.25, 0.3) is 55.8 Å². The lowest BCUT2D eigenvalue weighted by Crippen LogP contribution is -2.24. The van der Waals surface area contributed by atoms with Crippen molar-refractivity contribution in [1.29, 1.82) is 0 Å². The Kier molecular flexibility index (Phi) is 13.5. The number of hydrogen-bond acceptors (Lipinski definition) is 5. The van der Waals surface area contributed by atoms with Crippen molar-refractivity contribution in [3.63, 3.8) is 0 Å². The van der Waals surface area contributed by atoms with Gasteiger partial charge in [0.05, 0.1) is 19.0 Å². The quantitative estimate of drug-likeness (QED) is 0.102. The SMILES string of the molecule is c1ccc(-c2ccc(-c3ccnc(-c4ccc(-c5ccccc5-c5cc(CCc6ccc(N7CCN(c8ccccc8)C7)cc6)cc(CCc6ccc(N7CCN(c8ccccc8)C7)cc6)c5)cc4)c3)cc2)cc1. The second-order valence-corrected chi connectivity index (χ2v) is 19.9. The molecule has 0 amide bonds. The molecule has 1 aromatic heterocycles. The van der Waals surface area contributed by atoms with E-state index in [0.29, 0.717) is 0 Å². The summed E-state index contributed by atoms with van der Waals surface area (Å²) in [6.45, 7) is 5.96. The highest BCUT2D eigenvalue weighted by atomic mass is 15.4. The highest BCUT2D eigenvalue weighted by molar-refractivity contribution is 5.85. The van der Waals surface area contributed by atoms with Gasteiger partial charge in [0.2, 0.25) is 0 Å². The van der Waals surface area contributed by atoms with Crippen LogP contribution >= 0.6 is 0 Å². The summed E-state index contributed by atoms with van der Waals surface area (Å²) in [7, 11) is 0. The van der Waals surface area contributed by atoms with Crippen LogP contribution in [0.1, 0.15) is 22.3 Å². The Labute approximate surface area is 437 Å². The Bertz CT molecular complexity index is 3310. The van der Waals surface area contributed by atoms with Crippen LogP contribution in [-0.2, 0) is 25.7 Å². The van der Waals surface area contributed by atoms with E-state index in [9.17, 15) is 0 Å². The summed E-state index contributed by atoms with van der Waals surface area (Å²) in [5, 5.41) is 0. The van der Waals surface area contributed by atoms with Crippen molar-refractivity contribution in [2.24, 2.45) is 0 Å². The zero-order chi connectivity index (χ0) is 49.5. The van der Waals surface area contributed by atoms with Gasteiger partial charge in [0.25, 0.3) is 0 Å². The first-order chi connectivity index (χ1) is 36.6. The molecule has 362 valence electrons. The molecular formula is C69H61N5. The zero-order valence-corrected chi connectivity index (χ0v) is 42.0. The maximum Gasteiger partial charge on any atom is 0.0904 e. The van der Waals surface area contributed by atoms with Gasteiger partial charge in [-0.3, -0.25) is 4.98 Å². The van der Waals surface area contributed by atoms with E-state index in [0.717, 1.165) is 82.0 Å². The van der Waals surface area contributed by atoms with E-state index < -0.39 is 0 Å². The van der Waals surface area contributed by atoms with Crippen LogP contribution in [0.2, 0.25) is 0 Å². The fraction of sp³-hybridized carbons (Fsp3) is 0.145. The van der Waals surface area contributed by atoms with E-state index >= 15 is 0 Å². The van der Waals surface area contributed by atoms with E-state index in [2.05, 4.69) is 262 Å². The van der Waals surface area contributed by atoms with Gasteiger partial charge >= 0.3 is 0 Å². The molecule has 5 nitrogen and oxygen atoms in total. The van der Waals surface area contributed by atoms with Gasteiger partial charge in [-0.15, -0.1) is 0 Å². The molecule has 0 saturated carbocycles. The molecule has 0 radical (unpaired) electrons. The smallest absolute Gasteiger partial charge is 0.0904 e. The minimum atomic E-state index is 0.914. The van der Waals surface area contributed by atoms with Gasteiger partial charge in [-0.1, -0.05) is 182 Å². The second-order valence-electron chi connectivity index (χ2n) is 19.9. The Morgan fingerprint density at radius 2 is 0.649 bits per heavy atom. The lowest BCUT2D eigenvalue weighted by molar-refractivity contribution is 0.925. The number of rotatable bonds is 15. The number of para-hydroxylation sites is 2. The molecule has 2 saturated heterocycles. The van der Waals surface area contributed by atoms with Crippen molar-refractivity contribution in [1.82, 2.24) is 4.98 Å². The maximum atomic E-state index is 4.83. The molecule has 0 N–H and O–H groups in total. The van der Waals surface area contributed by atoms with Crippen LogP contribution in [0.4, 0.5) is 22.7 Å². The van der Waals surface area contributed by atoms with E-state index in [1.807, 2.05) is 6.20 Å². The Hall–Kier alpha value is -8.67. The van der Waals surface area contributed by atoms with E-state index in [-0.39, 0.29) is 0 Å². The summed E-state index contributed by atoms with van der Waals surface area (Å²) in [6.07, 6.45) is 5.83. The normalized spacial score (nSPS) is 13.5. The number of hydrogen-bond donors (Lipinski definition) is 0. The minimum Gasteiger partial charge on any atom is -0.352 e. The van der Waals surface area contributed by atoms with Crippen molar-refractivity contribution < 1.29 is 0 Å². The van der Waals surface area contributed by atoms with Gasteiger partial charge in [-0.25, -0.2) is 0 Å². The summed E-state index contributed by atoms with van der Waals surface area (Å²) in [5.41, 5.74) is 22.4. The van der Waals surface area contributed by atoms with Crippen molar-refractivity contribution in [2.75, 3.05) is 59.1 Å². The van der Waals surface area contributed by atoms with Gasteiger partial charge in [-0.2, -0.15) is 0 Å². The second kappa shape index (κ2) is 21.6. The van der Waals surface area contributed by atoms with Gasteiger partial charge in [0, 0.05) is 60.7 Å². The van der Waals surface area contributed by atoms with Crippen LogP contribution in [-0.4, -0.2) is 44.5 Å². The molecule has 0 unspecified atom stereocenters. The third-order valence-electron chi connectivity index (χ3n) is 15.1. The van der Waals surface area contributed by atoms with Gasteiger partial charge in [0.1, 0.15) is 0 Å². The van der Waals surface area contributed by atoms with Crippen molar-refractivity contribution in [3.05, 3.63) is 271 Å². The van der Waals surface area contributed by atoms with Gasteiger partial charge < -0.3 is 19.6 Å². The summed E-state index contributed by atoms with van der Waals surface area (Å²) >= 11 is 0. The topological polar surface area (TPSA) is 25.9 Å². The molecule has 74 heavy (non-hydrogen) atoms. The molecule has 9 aromatic carbocycles. The molecule has 5 heteroatoms. The molecule has 0 atom stereocenters. The highest BCUT2D eigenvalue weighted by Gasteiger charge is 2.22. The van der Waals surface area contributed by atoms with Crippen LogP contribution < -0.4 is 19.6 Å². The van der Waals surface area contributed by atoms with Crippen LogP contribution in [0.3, 0.4) is 0 Å². The lowest BCUT2D eigenvalue weighted by Gasteiger charge is -2.21. The largest absolute Gasteiger partial charge is 0.352 e. The monoisotopic (exact) mass is 959 g/mol. The fourth-order valence-electron chi connectivity index (χ4n) is 10.9. The Balaban J connectivity index is 0.776. The summed E-state index contributed by atoms with van der Waals surface area (Å²) in [5.74, 6) is 0. The van der Waals surface area contributed by atoms with Gasteiger partial charge in [-0.05, 0) is 153 Å². The highest BCUT2D eigenvalue weighted by Crippen LogP contribution is 2.36. The number of aromatic nitrogens is 1. The molecule has 0 bridgehead atoms. The lowest BCUT2D eigenvalue weighted by atomic mass is 9.90. The zero-order valence-electron chi connectivity index (χ0n) is 42.0. The summed E-state index contributed by atoms with van der Waals surface area (Å²) in [6, 6.07) is 89.1. The third-order valence-corrected chi connectivity index (χ3v) is 15.1. The summed E-state index contributed by atoms with van der Waals surface area (Å²) < 4.78 is 0. The first kappa shape index (κ1) is 46.4. The molecule has 0 aliphatic carbocycles. The van der Waals surface area contributed by atoms with Crippen LogP contribution in [0.5, 0.6) is 0 Å². The van der Waals surface area contributed by atoms with Crippen molar-refractivity contribution in [2.45, 2.75) is 25.7 Å². The molecule has 2 aliphatic heterocycles. The molecular weight excluding hydrogens is 899 g/mol. The number of anilines is 4. The Morgan fingerprint density at radius 3 is 1.15 bits per heavy atom. The average molecular weight is 960 g/mol. The predicted molar refractivity (Wildman–Crippen MR) is 311 cm³/mol. The predicted octanol–water partition coefficient (Wildman–Crippen LogP) is 15.6. The number of benzene rings is 9. The molecule has 2 aliphatic rings. The van der Waals surface area contributed by atoms with Gasteiger partial charge in [0.15, 0.2) is 0 Å². The number of nitrogens with zero attached hydrogens (tertiary/aromatic N) is 5. The number of aryl methyl sites for hydroxylation is 4. The first-order valence-corrected chi connectivity index (χ1v) is 26.3. The van der Waals surface area contributed by atoms with Crippen molar-refractivity contribution in [3.8, 4) is 55.8 Å². The van der Waals surface area contributed by atoms with E-state index in [1.54, 1.807) is 0 Å². The van der Waals surface area contributed by atoms with Crippen LogP contribution in [0.15, 0.2) is 249 Å². The standard InChI is InChI=1S/C69H61N5/c1-4-12-56(13-5-1)57-28-30-58(31-29-57)61-40-41-70-69(49-61)60-34-32-59(33-35-60)67-18-10-11-19-68(67)62-47-54(22-20-52-24-36-65(37-25-52)73-44-42-71(50-73)63-14-6-2-7-15-63)46-55(48-62)23-21-53-26-38-66(39-27-53)74-45-43-72(51-74)64-16-8-3-9-17-64/h1-19,24-41,46-49H,20-23,42-45,50-51H2. The summed E-state index contributed by atoms with van der Waals surface area (Å²) in [4.78, 5) is 14.7. The minimum absolute atomic E-state index is 0.914. The first-order valence-electron chi connectivity index (χ1n) is 26.3. The third kappa shape index (κ3) is 10.6. The molecule has 0 spiro atoms. The van der Waals surface area contributed by atoms with E-state index in [1.165, 1.54) is 83.9 Å².